The highest BCUT2D eigenvalue weighted by atomic mass is 16.5. The van der Waals surface area contributed by atoms with Crippen molar-refractivity contribution < 1.29 is 19.4 Å². The minimum Gasteiger partial charge on any atom is -0.478 e. The largest absolute Gasteiger partial charge is 0.478 e. The molecule has 0 aliphatic heterocycles. The Hall–Kier alpha value is -1.88. The van der Waals surface area contributed by atoms with Crippen LogP contribution >= 0.6 is 0 Å². The lowest BCUT2D eigenvalue weighted by atomic mass is 10.1. The highest BCUT2D eigenvalue weighted by Crippen LogP contribution is 2.17. The summed E-state index contributed by atoms with van der Waals surface area (Å²) >= 11 is 0. The fourth-order valence-corrected chi connectivity index (χ4v) is 1.41. The number of aryl methyl sites for hydroxylation is 1. The third-order valence-corrected chi connectivity index (χ3v) is 2.44. The number of carbonyl (C=O) groups is 2. The lowest BCUT2D eigenvalue weighted by molar-refractivity contribution is -0.117. The molecular weight excluding hydrogens is 234 g/mol. The summed E-state index contributed by atoms with van der Waals surface area (Å²) < 4.78 is 5.08. The molecule has 1 rings (SSSR count). The molecule has 18 heavy (non-hydrogen) atoms. The van der Waals surface area contributed by atoms with E-state index < -0.39 is 5.97 Å². The summed E-state index contributed by atoms with van der Waals surface area (Å²) in [6, 6.07) is 4.63. The maximum atomic E-state index is 11.6. The van der Waals surface area contributed by atoms with Crippen molar-refractivity contribution in [3.63, 3.8) is 0 Å². The molecule has 0 heterocycles. The average molecular weight is 251 g/mol. The van der Waals surface area contributed by atoms with E-state index in [1.54, 1.807) is 6.07 Å². The third kappa shape index (κ3) is 4.18. The molecule has 1 aromatic carbocycles. The number of carboxylic acid groups (broad SMARTS) is 1. The number of hydrogen-bond donors (Lipinski definition) is 2. The molecule has 0 saturated carbocycles. The number of carbonyl (C=O) groups excluding carboxylic acids is 1. The molecule has 98 valence electrons. The molecule has 0 aliphatic carbocycles. The zero-order chi connectivity index (χ0) is 13.5. The van der Waals surface area contributed by atoms with E-state index in [9.17, 15) is 9.59 Å². The molecule has 5 heteroatoms. The molecule has 0 fully saturated rings. The van der Waals surface area contributed by atoms with Crippen LogP contribution in [0.2, 0.25) is 0 Å². The molecule has 2 N–H and O–H groups in total. The molecule has 0 spiro atoms. The Bertz CT molecular complexity index is 443. The van der Waals surface area contributed by atoms with Gasteiger partial charge in [0.2, 0.25) is 5.91 Å². The first-order chi connectivity index (χ1) is 8.54. The highest BCUT2D eigenvalue weighted by Gasteiger charge is 2.08. The summed E-state index contributed by atoms with van der Waals surface area (Å²) in [6.07, 6.45) is 0.255. The quantitative estimate of drug-likeness (QED) is 0.759. The number of rotatable bonds is 6. The second-order valence-corrected chi connectivity index (χ2v) is 3.83. The van der Waals surface area contributed by atoms with Gasteiger partial charge in [-0.25, -0.2) is 4.79 Å². The number of benzene rings is 1. The second-order valence-electron chi connectivity index (χ2n) is 3.83. The van der Waals surface area contributed by atoms with Crippen molar-refractivity contribution in [3.05, 3.63) is 29.3 Å². The molecule has 0 saturated heterocycles. The van der Waals surface area contributed by atoms with E-state index in [1.807, 2.05) is 13.8 Å². The first kappa shape index (κ1) is 14.2. The van der Waals surface area contributed by atoms with Crippen LogP contribution < -0.4 is 5.32 Å². The van der Waals surface area contributed by atoms with Crippen molar-refractivity contribution in [1.82, 2.24) is 0 Å². The first-order valence-corrected chi connectivity index (χ1v) is 5.76. The van der Waals surface area contributed by atoms with Crippen molar-refractivity contribution in [2.45, 2.75) is 20.3 Å². The van der Waals surface area contributed by atoms with E-state index in [1.165, 1.54) is 12.1 Å². The van der Waals surface area contributed by atoms with Gasteiger partial charge in [-0.1, -0.05) is 6.07 Å². The topological polar surface area (TPSA) is 75.6 Å². The number of carboxylic acids is 1. The summed E-state index contributed by atoms with van der Waals surface area (Å²) in [5.41, 5.74) is 1.50. The fourth-order valence-electron chi connectivity index (χ4n) is 1.41. The van der Waals surface area contributed by atoms with Gasteiger partial charge in [0.05, 0.1) is 18.6 Å². The normalized spacial score (nSPS) is 10.1. The SMILES string of the molecule is CCOCCC(=O)Nc1cc(C(=O)O)ccc1C. The molecular formula is C13H17NO4. The van der Waals surface area contributed by atoms with Gasteiger partial charge in [0, 0.05) is 12.3 Å². The van der Waals surface area contributed by atoms with E-state index in [4.69, 9.17) is 9.84 Å². The van der Waals surface area contributed by atoms with Crippen LogP contribution in [0.15, 0.2) is 18.2 Å². The molecule has 5 nitrogen and oxygen atoms in total. The van der Waals surface area contributed by atoms with Gasteiger partial charge in [0.15, 0.2) is 0 Å². The predicted molar refractivity (Wildman–Crippen MR) is 67.9 cm³/mol. The Kier molecular flexibility index (Phi) is 5.32. The Morgan fingerprint density at radius 1 is 1.39 bits per heavy atom. The summed E-state index contributed by atoms with van der Waals surface area (Å²) in [7, 11) is 0. The predicted octanol–water partition coefficient (Wildman–Crippen LogP) is 2.06. The third-order valence-electron chi connectivity index (χ3n) is 2.44. The Labute approximate surface area is 106 Å². The van der Waals surface area contributed by atoms with Crippen LogP contribution in [-0.2, 0) is 9.53 Å². The standard InChI is InChI=1S/C13H17NO4/c1-3-18-7-6-12(15)14-11-8-10(13(16)17)5-4-9(11)2/h4-5,8H,3,6-7H2,1-2H3,(H,14,15)(H,16,17). The van der Waals surface area contributed by atoms with Crippen LogP contribution in [0.1, 0.15) is 29.3 Å². The minimum atomic E-state index is -1.01. The van der Waals surface area contributed by atoms with Crippen molar-refractivity contribution in [2.75, 3.05) is 18.5 Å². The van der Waals surface area contributed by atoms with Crippen LogP contribution in [-0.4, -0.2) is 30.2 Å². The second kappa shape index (κ2) is 6.76. The van der Waals surface area contributed by atoms with E-state index in [0.717, 1.165) is 5.56 Å². The van der Waals surface area contributed by atoms with Gasteiger partial charge in [0.25, 0.3) is 0 Å². The average Bonchev–Trinajstić information content (AvgIpc) is 2.32. The number of aromatic carboxylic acids is 1. The summed E-state index contributed by atoms with van der Waals surface area (Å²) in [5.74, 6) is -1.20. The zero-order valence-corrected chi connectivity index (χ0v) is 10.5. The summed E-state index contributed by atoms with van der Waals surface area (Å²) in [5, 5.41) is 11.6. The van der Waals surface area contributed by atoms with Crippen LogP contribution in [0.4, 0.5) is 5.69 Å². The molecule has 0 bridgehead atoms. The first-order valence-electron chi connectivity index (χ1n) is 5.76. The van der Waals surface area contributed by atoms with Gasteiger partial charge in [0.1, 0.15) is 0 Å². The van der Waals surface area contributed by atoms with Gasteiger partial charge in [-0.15, -0.1) is 0 Å². The summed E-state index contributed by atoms with van der Waals surface area (Å²) in [6.45, 7) is 4.60. The fraction of sp³-hybridized carbons (Fsp3) is 0.385. The summed E-state index contributed by atoms with van der Waals surface area (Å²) in [4.78, 5) is 22.4. The molecule has 0 aromatic heterocycles. The molecule has 1 amide bonds. The Morgan fingerprint density at radius 3 is 2.72 bits per heavy atom. The smallest absolute Gasteiger partial charge is 0.335 e. The van der Waals surface area contributed by atoms with Crippen molar-refractivity contribution >= 4 is 17.6 Å². The lowest BCUT2D eigenvalue weighted by Crippen LogP contribution is -2.15. The van der Waals surface area contributed by atoms with Gasteiger partial charge in [-0.05, 0) is 31.5 Å². The van der Waals surface area contributed by atoms with E-state index in [-0.39, 0.29) is 17.9 Å². The van der Waals surface area contributed by atoms with Crippen LogP contribution in [0.25, 0.3) is 0 Å². The molecule has 0 unspecified atom stereocenters. The number of amides is 1. The van der Waals surface area contributed by atoms with E-state index in [2.05, 4.69) is 5.32 Å². The van der Waals surface area contributed by atoms with Gasteiger partial charge >= 0.3 is 5.97 Å². The Balaban J connectivity index is 2.68. The van der Waals surface area contributed by atoms with Gasteiger partial charge in [-0.3, -0.25) is 4.79 Å². The maximum absolute atomic E-state index is 11.6. The zero-order valence-electron chi connectivity index (χ0n) is 10.5. The van der Waals surface area contributed by atoms with Gasteiger partial charge in [-0.2, -0.15) is 0 Å². The molecule has 0 aliphatic rings. The monoisotopic (exact) mass is 251 g/mol. The highest BCUT2D eigenvalue weighted by molar-refractivity contribution is 5.94. The minimum absolute atomic E-state index is 0.153. The molecule has 1 aromatic rings. The number of anilines is 1. The van der Waals surface area contributed by atoms with E-state index >= 15 is 0 Å². The van der Waals surface area contributed by atoms with Crippen LogP contribution in [0.3, 0.4) is 0 Å². The number of hydrogen-bond acceptors (Lipinski definition) is 3. The number of nitrogens with one attached hydrogen (secondary N) is 1. The molecule has 0 atom stereocenters. The van der Waals surface area contributed by atoms with Crippen LogP contribution in [0, 0.1) is 6.92 Å². The molecule has 0 radical (unpaired) electrons. The van der Waals surface area contributed by atoms with Crippen LogP contribution in [0.5, 0.6) is 0 Å². The lowest BCUT2D eigenvalue weighted by Gasteiger charge is -2.09. The Morgan fingerprint density at radius 2 is 2.11 bits per heavy atom. The van der Waals surface area contributed by atoms with E-state index in [0.29, 0.717) is 18.9 Å². The van der Waals surface area contributed by atoms with Crippen molar-refractivity contribution in [1.29, 1.82) is 0 Å². The van der Waals surface area contributed by atoms with Crippen molar-refractivity contribution in [2.24, 2.45) is 0 Å². The van der Waals surface area contributed by atoms with Crippen molar-refractivity contribution in [3.8, 4) is 0 Å². The number of ether oxygens (including phenoxy) is 1. The maximum Gasteiger partial charge on any atom is 0.335 e. The van der Waals surface area contributed by atoms with Gasteiger partial charge < -0.3 is 15.2 Å².